The van der Waals surface area contributed by atoms with Gasteiger partial charge in [0.2, 0.25) is 0 Å². The highest BCUT2D eigenvalue weighted by molar-refractivity contribution is 6.74. The molecule has 0 radical (unpaired) electrons. The number of aromatic nitrogens is 2. The van der Waals surface area contributed by atoms with E-state index in [1.165, 1.54) is 5.56 Å². The molecule has 0 amide bonds. The Balaban J connectivity index is 2.09. The number of benzene rings is 1. The molecule has 140 valence electrons. The second kappa shape index (κ2) is 8.19. The molecular formula is C21H31N3OSi. The van der Waals surface area contributed by atoms with Gasteiger partial charge in [0.1, 0.15) is 5.82 Å². The second-order valence-corrected chi connectivity index (χ2v) is 13.2. The van der Waals surface area contributed by atoms with Gasteiger partial charge in [-0.05, 0) is 55.6 Å². The van der Waals surface area contributed by atoms with Crippen LogP contribution in [0.5, 0.6) is 0 Å². The fourth-order valence-corrected chi connectivity index (χ4v) is 3.87. The lowest BCUT2D eigenvalue weighted by Gasteiger charge is -2.36. The molecule has 0 fully saturated rings. The van der Waals surface area contributed by atoms with Crippen LogP contribution in [0.15, 0.2) is 36.7 Å². The van der Waals surface area contributed by atoms with E-state index in [1.54, 1.807) is 0 Å². The molecule has 1 aromatic heterocycles. The van der Waals surface area contributed by atoms with Crippen LogP contribution in [0.25, 0.3) is 0 Å². The summed E-state index contributed by atoms with van der Waals surface area (Å²) in [5.74, 6) is 1.00. The maximum atomic E-state index is 9.03. The van der Waals surface area contributed by atoms with Crippen LogP contribution in [0, 0.1) is 18.3 Å². The number of nitriles is 1. The monoisotopic (exact) mass is 369 g/mol. The van der Waals surface area contributed by atoms with Gasteiger partial charge in [0.25, 0.3) is 0 Å². The van der Waals surface area contributed by atoms with Crippen LogP contribution >= 0.6 is 0 Å². The summed E-state index contributed by atoms with van der Waals surface area (Å²) in [5, 5.41) is 9.27. The van der Waals surface area contributed by atoms with Crippen LogP contribution in [-0.4, -0.2) is 24.5 Å². The van der Waals surface area contributed by atoms with Gasteiger partial charge in [-0.1, -0.05) is 32.9 Å². The van der Waals surface area contributed by atoms with Crippen molar-refractivity contribution in [2.24, 2.45) is 0 Å². The molecule has 0 spiro atoms. The van der Waals surface area contributed by atoms with Crippen LogP contribution in [0.2, 0.25) is 18.1 Å². The van der Waals surface area contributed by atoms with Gasteiger partial charge in [-0.3, -0.25) is 0 Å². The Labute approximate surface area is 159 Å². The van der Waals surface area contributed by atoms with Crippen LogP contribution in [0.3, 0.4) is 0 Å². The highest BCUT2D eigenvalue weighted by Crippen LogP contribution is 2.36. The second-order valence-electron chi connectivity index (χ2n) is 8.38. The van der Waals surface area contributed by atoms with Crippen molar-refractivity contribution >= 4 is 8.32 Å². The van der Waals surface area contributed by atoms with E-state index in [0.29, 0.717) is 5.56 Å². The summed E-state index contributed by atoms with van der Waals surface area (Å²) in [6.07, 6.45) is 5.86. The third kappa shape index (κ3) is 4.84. The first kappa shape index (κ1) is 20.4. The Morgan fingerprint density at radius 1 is 1.23 bits per heavy atom. The molecule has 1 heterocycles. The fourth-order valence-electron chi connectivity index (χ4n) is 2.78. The van der Waals surface area contributed by atoms with Crippen molar-refractivity contribution in [1.82, 2.24) is 9.55 Å². The van der Waals surface area contributed by atoms with E-state index in [9.17, 15) is 0 Å². The highest BCUT2D eigenvalue weighted by atomic mass is 28.4. The van der Waals surface area contributed by atoms with Gasteiger partial charge in [0, 0.05) is 19.0 Å². The van der Waals surface area contributed by atoms with Gasteiger partial charge in [-0.25, -0.2) is 4.98 Å². The highest BCUT2D eigenvalue weighted by Gasteiger charge is 2.36. The van der Waals surface area contributed by atoms with Crippen molar-refractivity contribution in [2.45, 2.75) is 64.7 Å². The predicted octanol–water partition coefficient (Wildman–Crippen LogP) is 5.45. The molecule has 4 nitrogen and oxygen atoms in total. The number of hydrogen-bond acceptors (Lipinski definition) is 3. The zero-order chi connectivity index (χ0) is 19.4. The van der Waals surface area contributed by atoms with Crippen molar-refractivity contribution in [1.29, 1.82) is 5.26 Å². The van der Waals surface area contributed by atoms with E-state index in [0.717, 1.165) is 25.3 Å². The SMILES string of the molecule is Cc1nccn1C(CCCO[Si](C)(C)C(C)(C)C)c1ccc(C#N)cc1. The average molecular weight is 370 g/mol. The molecule has 5 heteroatoms. The molecule has 0 saturated carbocycles. The minimum absolute atomic E-state index is 0.216. The van der Waals surface area contributed by atoms with E-state index in [1.807, 2.05) is 31.5 Å². The van der Waals surface area contributed by atoms with Gasteiger partial charge in [0.15, 0.2) is 8.32 Å². The van der Waals surface area contributed by atoms with Crippen LogP contribution < -0.4 is 0 Å². The molecule has 0 aliphatic rings. The summed E-state index contributed by atoms with van der Waals surface area (Å²) < 4.78 is 8.55. The molecule has 26 heavy (non-hydrogen) atoms. The normalized spacial score (nSPS) is 13.4. The van der Waals surface area contributed by atoms with Crippen molar-refractivity contribution in [3.63, 3.8) is 0 Å². The third-order valence-electron chi connectivity index (χ3n) is 5.51. The van der Waals surface area contributed by atoms with E-state index >= 15 is 0 Å². The number of hydrogen-bond donors (Lipinski definition) is 0. The lowest BCUT2D eigenvalue weighted by Crippen LogP contribution is -2.41. The maximum absolute atomic E-state index is 9.03. The van der Waals surface area contributed by atoms with Crippen molar-refractivity contribution in [3.05, 3.63) is 53.6 Å². The zero-order valence-electron chi connectivity index (χ0n) is 16.9. The summed E-state index contributed by atoms with van der Waals surface area (Å²) in [4.78, 5) is 4.38. The lowest BCUT2D eigenvalue weighted by molar-refractivity contribution is 0.271. The fraction of sp³-hybridized carbons (Fsp3) is 0.524. The van der Waals surface area contributed by atoms with Crippen LogP contribution in [0.1, 0.15) is 56.6 Å². The predicted molar refractivity (Wildman–Crippen MR) is 109 cm³/mol. The zero-order valence-corrected chi connectivity index (χ0v) is 17.9. The molecule has 1 aromatic carbocycles. The summed E-state index contributed by atoms with van der Waals surface area (Å²) in [6.45, 7) is 14.2. The first-order valence-electron chi connectivity index (χ1n) is 9.29. The van der Waals surface area contributed by atoms with Gasteiger partial charge in [0.05, 0.1) is 17.7 Å². The number of rotatable bonds is 7. The molecule has 0 N–H and O–H groups in total. The number of aryl methyl sites for hydroxylation is 1. The molecule has 1 atom stereocenters. The quantitative estimate of drug-likeness (QED) is 0.481. The third-order valence-corrected chi connectivity index (χ3v) is 10.1. The Hall–Kier alpha value is -1.90. The topological polar surface area (TPSA) is 50.8 Å². The van der Waals surface area contributed by atoms with Gasteiger partial charge >= 0.3 is 0 Å². The largest absolute Gasteiger partial charge is 0.417 e. The number of nitrogens with zero attached hydrogens (tertiary/aromatic N) is 3. The summed E-state index contributed by atoms with van der Waals surface area (Å²) in [6, 6.07) is 10.3. The molecule has 2 aromatic rings. The molecule has 0 bridgehead atoms. The van der Waals surface area contributed by atoms with Crippen LogP contribution in [-0.2, 0) is 4.43 Å². The Bertz CT molecular complexity index is 751. The van der Waals surface area contributed by atoms with Crippen molar-refractivity contribution < 1.29 is 4.43 Å². The smallest absolute Gasteiger partial charge is 0.191 e. The van der Waals surface area contributed by atoms with Crippen molar-refractivity contribution in [2.75, 3.05) is 6.61 Å². The molecule has 0 aliphatic carbocycles. The van der Waals surface area contributed by atoms with Crippen molar-refractivity contribution in [3.8, 4) is 6.07 Å². The molecule has 0 aliphatic heterocycles. The molecule has 1 unspecified atom stereocenters. The van der Waals surface area contributed by atoms with E-state index in [4.69, 9.17) is 9.69 Å². The van der Waals surface area contributed by atoms with Crippen LogP contribution in [0.4, 0.5) is 0 Å². The minimum Gasteiger partial charge on any atom is -0.417 e. The molecule has 0 saturated heterocycles. The lowest BCUT2D eigenvalue weighted by atomic mass is 10.0. The maximum Gasteiger partial charge on any atom is 0.191 e. The van der Waals surface area contributed by atoms with E-state index in [-0.39, 0.29) is 11.1 Å². The van der Waals surface area contributed by atoms with Gasteiger partial charge < -0.3 is 8.99 Å². The minimum atomic E-state index is -1.70. The summed E-state index contributed by atoms with van der Waals surface area (Å²) in [5.41, 5.74) is 1.90. The van der Waals surface area contributed by atoms with Gasteiger partial charge in [-0.15, -0.1) is 0 Å². The standard InChI is InChI=1S/C21H31N3OSi/c1-17-23-13-14-24(17)20(19-11-9-18(16-22)10-12-19)8-7-15-25-26(5,6)21(2,3)4/h9-14,20H,7-8,15H2,1-6H3. The van der Waals surface area contributed by atoms with Gasteiger partial charge in [-0.2, -0.15) is 5.26 Å². The summed E-state index contributed by atoms with van der Waals surface area (Å²) in [7, 11) is -1.70. The first-order valence-corrected chi connectivity index (χ1v) is 12.2. The Morgan fingerprint density at radius 3 is 2.38 bits per heavy atom. The van der Waals surface area contributed by atoms with E-state index < -0.39 is 8.32 Å². The van der Waals surface area contributed by atoms with E-state index in [2.05, 4.69) is 61.6 Å². The Morgan fingerprint density at radius 2 is 1.88 bits per heavy atom. The Kier molecular flexibility index (Phi) is 6.43. The first-order chi connectivity index (χ1) is 12.2. The summed E-state index contributed by atoms with van der Waals surface area (Å²) >= 11 is 0. The molecule has 2 rings (SSSR count). The number of imidazole rings is 1. The molecular weight excluding hydrogens is 338 g/mol. The average Bonchev–Trinajstić information content (AvgIpc) is 3.00.